The van der Waals surface area contributed by atoms with Crippen LogP contribution in [0.3, 0.4) is 0 Å². The molecule has 1 unspecified atom stereocenters. The highest BCUT2D eigenvalue weighted by atomic mass is 16.2. The SMILES string of the molecule is CCCNCC(=O)NC1CCCCNC1=O. The number of carbonyl (C=O) groups is 2. The molecule has 1 atom stereocenters. The van der Waals surface area contributed by atoms with Crippen molar-refractivity contribution in [2.45, 2.75) is 38.6 Å². The van der Waals surface area contributed by atoms with Crippen LogP contribution >= 0.6 is 0 Å². The molecule has 0 aliphatic carbocycles. The second-order valence-electron chi connectivity index (χ2n) is 4.08. The minimum absolute atomic E-state index is 0.0543. The summed E-state index contributed by atoms with van der Waals surface area (Å²) in [4.78, 5) is 23.0. The van der Waals surface area contributed by atoms with Crippen LogP contribution in [0.2, 0.25) is 0 Å². The second kappa shape index (κ2) is 7.22. The number of hydrogen-bond donors (Lipinski definition) is 3. The Kier molecular flexibility index (Phi) is 5.85. The van der Waals surface area contributed by atoms with E-state index in [0.717, 1.165) is 38.8 Å². The van der Waals surface area contributed by atoms with Gasteiger partial charge in [-0.05, 0) is 32.2 Å². The average Bonchev–Trinajstić information content (AvgIpc) is 2.45. The normalized spacial score (nSPS) is 21.1. The van der Waals surface area contributed by atoms with E-state index >= 15 is 0 Å². The van der Waals surface area contributed by atoms with E-state index in [4.69, 9.17) is 0 Å². The maximum atomic E-state index is 11.5. The first-order chi connectivity index (χ1) is 7.74. The van der Waals surface area contributed by atoms with Crippen molar-refractivity contribution in [1.82, 2.24) is 16.0 Å². The number of hydrogen-bond acceptors (Lipinski definition) is 3. The van der Waals surface area contributed by atoms with Gasteiger partial charge < -0.3 is 16.0 Å². The molecular weight excluding hydrogens is 206 g/mol. The monoisotopic (exact) mass is 227 g/mol. The van der Waals surface area contributed by atoms with Crippen molar-refractivity contribution in [3.05, 3.63) is 0 Å². The number of nitrogens with one attached hydrogen (secondary N) is 3. The van der Waals surface area contributed by atoms with Gasteiger partial charge in [0, 0.05) is 6.54 Å². The smallest absolute Gasteiger partial charge is 0.242 e. The van der Waals surface area contributed by atoms with Crippen LogP contribution in [0.25, 0.3) is 0 Å². The molecule has 0 aromatic heterocycles. The summed E-state index contributed by atoms with van der Waals surface area (Å²) < 4.78 is 0. The van der Waals surface area contributed by atoms with Gasteiger partial charge >= 0.3 is 0 Å². The standard InChI is InChI=1S/C11H21N3O2/c1-2-6-12-8-10(15)14-9-5-3-4-7-13-11(9)16/h9,12H,2-8H2,1H3,(H,13,16)(H,14,15). The zero-order chi connectivity index (χ0) is 11.8. The van der Waals surface area contributed by atoms with E-state index in [1.54, 1.807) is 0 Å². The van der Waals surface area contributed by atoms with Gasteiger partial charge in [-0.25, -0.2) is 0 Å². The molecule has 1 heterocycles. The van der Waals surface area contributed by atoms with Crippen molar-refractivity contribution < 1.29 is 9.59 Å². The lowest BCUT2D eigenvalue weighted by molar-refractivity contribution is -0.128. The molecule has 0 spiro atoms. The molecule has 1 saturated heterocycles. The first kappa shape index (κ1) is 13.0. The number of rotatable bonds is 5. The number of amides is 2. The van der Waals surface area contributed by atoms with Gasteiger partial charge in [-0.2, -0.15) is 0 Å². The van der Waals surface area contributed by atoms with Gasteiger partial charge in [0.1, 0.15) is 6.04 Å². The van der Waals surface area contributed by atoms with Crippen molar-refractivity contribution in [2.75, 3.05) is 19.6 Å². The first-order valence-electron chi connectivity index (χ1n) is 6.02. The summed E-state index contributed by atoms with van der Waals surface area (Å²) in [6.07, 6.45) is 3.71. The van der Waals surface area contributed by atoms with Gasteiger partial charge in [-0.3, -0.25) is 9.59 Å². The van der Waals surface area contributed by atoms with E-state index in [1.165, 1.54) is 0 Å². The third kappa shape index (κ3) is 4.61. The molecule has 1 aliphatic heterocycles. The molecule has 0 radical (unpaired) electrons. The topological polar surface area (TPSA) is 70.2 Å². The third-order valence-electron chi connectivity index (χ3n) is 2.58. The Balaban J connectivity index is 2.27. The lowest BCUT2D eigenvalue weighted by Gasteiger charge is -2.15. The minimum Gasteiger partial charge on any atom is -0.354 e. The first-order valence-corrected chi connectivity index (χ1v) is 6.02. The van der Waals surface area contributed by atoms with Gasteiger partial charge in [-0.15, -0.1) is 0 Å². The summed E-state index contributed by atoms with van der Waals surface area (Å²) in [6.45, 7) is 3.88. The van der Waals surface area contributed by atoms with E-state index in [1.807, 2.05) is 6.92 Å². The molecule has 16 heavy (non-hydrogen) atoms. The summed E-state index contributed by atoms with van der Waals surface area (Å²) in [7, 11) is 0. The third-order valence-corrected chi connectivity index (χ3v) is 2.58. The summed E-state index contributed by atoms with van der Waals surface area (Å²) in [5.41, 5.74) is 0. The van der Waals surface area contributed by atoms with Gasteiger partial charge in [0.05, 0.1) is 6.54 Å². The van der Waals surface area contributed by atoms with E-state index in [-0.39, 0.29) is 24.4 Å². The summed E-state index contributed by atoms with van der Waals surface area (Å²) >= 11 is 0. The van der Waals surface area contributed by atoms with E-state index in [2.05, 4.69) is 16.0 Å². The molecule has 0 saturated carbocycles. The second-order valence-corrected chi connectivity index (χ2v) is 4.08. The highest BCUT2D eigenvalue weighted by Crippen LogP contribution is 2.04. The van der Waals surface area contributed by atoms with Crippen LogP contribution in [-0.4, -0.2) is 37.5 Å². The van der Waals surface area contributed by atoms with Crippen LogP contribution in [0.5, 0.6) is 0 Å². The maximum absolute atomic E-state index is 11.5. The van der Waals surface area contributed by atoms with Gasteiger partial charge in [0.2, 0.25) is 11.8 Å². The molecule has 1 rings (SSSR count). The van der Waals surface area contributed by atoms with Crippen LogP contribution in [0, 0.1) is 0 Å². The van der Waals surface area contributed by atoms with E-state index in [0.29, 0.717) is 0 Å². The average molecular weight is 227 g/mol. The van der Waals surface area contributed by atoms with E-state index < -0.39 is 0 Å². The Labute approximate surface area is 96.4 Å². The Morgan fingerprint density at radius 3 is 3.06 bits per heavy atom. The number of carbonyl (C=O) groups excluding carboxylic acids is 2. The fraction of sp³-hybridized carbons (Fsp3) is 0.818. The van der Waals surface area contributed by atoms with Gasteiger partial charge in [0.25, 0.3) is 0 Å². The van der Waals surface area contributed by atoms with Crippen molar-refractivity contribution >= 4 is 11.8 Å². The zero-order valence-corrected chi connectivity index (χ0v) is 9.84. The highest BCUT2D eigenvalue weighted by Gasteiger charge is 2.21. The van der Waals surface area contributed by atoms with Crippen LogP contribution < -0.4 is 16.0 Å². The fourth-order valence-electron chi connectivity index (χ4n) is 1.70. The Bertz CT molecular complexity index is 243. The van der Waals surface area contributed by atoms with Crippen molar-refractivity contribution in [2.24, 2.45) is 0 Å². The molecule has 1 fully saturated rings. The summed E-state index contributed by atoms with van der Waals surface area (Å²) in [5.74, 6) is -0.156. The molecule has 0 aromatic carbocycles. The van der Waals surface area contributed by atoms with Crippen LogP contribution in [0.1, 0.15) is 32.6 Å². The molecule has 2 amide bonds. The minimum atomic E-state index is -0.349. The zero-order valence-electron chi connectivity index (χ0n) is 9.84. The molecular formula is C11H21N3O2. The maximum Gasteiger partial charge on any atom is 0.242 e. The molecule has 3 N–H and O–H groups in total. The van der Waals surface area contributed by atoms with Crippen molar-refractivity contribution in [1.29, 1.82) is 0 Å². The van der Waals surface area contributed by atoms with Crippen LogP contribution in [0.15, 0.2) is 0 Å². The molecule has 5 nitrogen and oxygen atoms in total. The molecule has 1 aliphatic rings. The Hall–Kier alpha value is -1.10. The Morgan fingerprint density at radius 2 is 2.31 bits per heavy atom. The summed E-state index contributed by atoms with van der Waals surface area (Å²) in [6, 6.07) is -0.349. The largest absolute Gasteiger partial charge is 0.354 e. The summed E-state index contributed by atoms with van der Waals surface area (Å²) in [5, 5.41) is 8.56. The quantitative estimate of drug-likeness (QED) is 0.568. The van der Waals surface area contributed by atoms with Crippen molar-refractivity contribution in [3.8, 4) is 0 Å². The highest BCUT2D eigenvalue weighted by molar-refractivity contribution is 5.88. The fourth-order valence-corrected chi connectivity index (χ4v) is 1.70. The van der Waals surface area contributed by atoms with Crippen molar-refractivity contribution in [3.63, 3.8) is 0 Å². The lowest BCUT2D eigenvalue weighted by atomic mass is 10.1. The van der Waals surface area contributed by atoms with E-state index in [9.17, 15) is 9.59 Å². The van der Waals surface area contributed by atoms with Gasteiger partial charge in [-0.1, -0.05) is 6.92 Å². The predicted octanol–water partition coefficient (Wildman–Crippen LogP) is -0.229. The van der Waals surface area contributed by atoms with Crippen LogP contribution in [-0.2, 0) is 9.59 Å². The van der Waals surface area contributed by atoms with Crippen LogP contribution in [0.4, 0.5) is 0 Å². The Morgan fingerprint density at radius 1 is 1.50 bits per heavy atom. The molecule has 92 valence electrons. The predicted molar refractivity (Wildman–Crippen MR) is 62.0 cm³/mol. The molecule has 0 aromatic rings. The lowest BCUT2D eigenvalue weighted by Crippen LogP contribution is -2.48. The molecule has 0 bridgehead atoms. The molecule has 5 heteroatoms. The van der Waals surface area contributed by atoms with Gasteiger partial charge in [0.15, 0.2) is 0 Å².